The molecule has 6 nitrogen and oxygen atoms in total. The van der Waals surface area contributed by atoms with E-state index in [1.54, 1.807) is 11.7 Å². The lowest BCUT2D eigenvalue weighted by Gasteiger charge is -2.28. The Hall–Kier alpha value is -1.43. The topological polar surface area (TPSA) is 71.8 Å². The number of anilines is 1. The molecule has 1 aliphatic rings. The van der Waals surface area contributed by atoms with E-state index >= 15 is 0 Å². The lowest BCUT2D eigenvalue weighted by atomic mass is 9.92. The van der Waals surface area contributed by atoms with Crippen LogP contribution in [0.15, 0.2) is 6.33 Å². The van der Waals surface area contributed by atoms with Gasteiger partial charge in [-0.15, -0.1) is 0 Å². The molecule has 0 aliphatic carbocycles. The zero-order chi connectivity index (χ0) is 11.5. The zero-order valence-electron chi connectivity index (χ0n) is 9.60. The minimum atomic E-state index is -0.120. The molecule has 2 atom stereocenters. The van der Waals surface area contributed by atoms with Crippen LogP contribution >= 0.6 is 0 Å². The summed E-state index contributed by atoms with van der Waals surface area (Å²) in [7, 11) is 1.75. The van der Waals surface area contributed by atoms with E-state index in [2.05, 4.69) is 27.6 Å². The number of nitrogens with one attached hydrogen (secondary N) is 2. The monoisotopic (exact) mass is 223 g/mol. The summed E-state index contributed by atoms with van der Waals surface area (Å²) in [6, 6.07) is -0.120. The minimum Gasteiger partial charge on any atom is -0.306 e. The van der Waals surface area contributed by atoms with E-state index in [1.165, 1.54) is 6.33 Å². The third-order valence-corrected chi connectivity index (χ3v) is 3.00. The molecule has 2 rings (SSSR count). The number of nitrogens with zero attached hydrogens (tertiary/aromatic N) is 3. The van der Waals surface area contributed by atoms with Crippen molar-refractivity contribution in [3.05, 3.63) is 6.33 Å². The van der Waals surface area contributed by atoms with Gasteiger partial charge in [-0.3, -0.25) is 10.1 Å². The molecule has 0 radical (unpaired) electrons. The largest absolute Gasteiger partial charge is 0.306 e. The van der Waals surface area contributed by atoms with Crippen LogP contribution in [0.4, 0.5) is 5.95 Å². The lowest BCUT2D eigenvalue weighted by Crippen LogP contribution is -2.48. The van der Waals surface area contributed by atoms with Crippen LogP contribution in [0, 0.1) is 5.92 Å². The van der Waals surface area contributed by atoms with E-state index in [-0.39, 0.29) is 11.9 Å². The van der Waals surface area contributed by atoms with Gasteiger partial charge in [-0.25, -0.2) is 4.68 Å². The number of aryl methyl sites for hydroxylation is 1. The summed E-state index contributed by atoms with van der Waals surface area (Å²) in [6.45, 7) is 2.99. The number of amides is 1. The van der Waals surface area contributed by atoms with Crippen molar-refractivity contribution in [3.63, 3.8) is 0 Å². The first-order valence-electron chi connectivity index (χ1n) is 5.56. The van der Waals surface area contributed by atoms with Crippen molar-refractivity contribution >= 4 is 11.9 Å². The summed E-state index contributed by atoms with van der Waals surface area (Å²) in [5, 5.41) is 9.91. The van der Waals surface area contributed by atoms with Crippen molar-refractivity contribution in [2.24, 2.45) is 13.0 Å². The van der Waals surface area contributed by atoms with E-state index in [9.17, 15) is 4.79 Å². The average molecular weight is 223 g/mol. The molecule has 1 aliphatic heterocycles. The standard InChI is InChI=1S/C10H17N5O/c1-7-4-3-5-11-8(7)9(16)14-10-12-6-13-15(10)2/h6-8,11H,3-5H2,1-2H3,(H,12,13,14,16). The van der Waals surface area contributed by atoms with E-state index in [0.29, 0.717) is 11.9 Å². The highest BCUT2D eigenvalue weighted by Crippen LogP contribution is 2.16. The number of aromatic nitrogens is 3. The third-order valence-electron chi connectivity index (χ3n) is 3.00. The predicted molar refractivity (Wildman–Crippen MR) is 59.8 cm³/mol. The van der Waals surface area contributed by atoms with E-state index in [1.807, 2.05) is 0 Å². The Morgan fingerprint density at radius 3 is 3.12 bits per heavy atom. The lowest BCUT2D eigenvalue weighted by molar-refractivity contribution is -0.119. The van der Waals surface area contributed by atoms with Gasteiger partial charge in [-0.2, -0.15) is 10.1 Å². The smallest absolute Gasteiger partial charge is 0.244 e. The van der Waals surface area contributed by atoms with Crippen molar-refractivity contribution in [2.45, 2.75) is 25.8 Å². The molecule has 2 N–H and O–H groups in total. The van der Waals surface area contributed by atoms with Crippen molar-refractivity contribution < 1.29 is 4.79 Å². The molecular formula is C10H17N5O. The summed E-state index contributed by atoms with van der Waals surface area (Å²) < 4.78 is 1.55. The van der Waals surface area contributed by atoms with Gasteiger partial charge in [0.05, 0.1) is 6.04 Å². The highest BCUT2D eigenvalue weighted by molar-refractivity contribution is 5.93. The summed E-state index contributed by atoms with van der Waals surface area (Å²) in [5.41, 5.74) is 0. The van der Waals surface area contributed by atoms with Gasteiger partial charge >= 0.3 is 0 Å². The molecular weight excluding hydrogens is 206 g/mol. The summed E-state index contributed by atoms with van der Waals surface area (Å²) >= 11 is 0. The molecule has 16 heavy (non-hydrogen) atoms. The maximum absolute atomic E-state index is 12.0. The van der Waals surface area contributed by atoms with Crippen LogP contribution in [0.1, 0.15) is 19.8 Å². The van der Waals surface area contributed by atoms with E-state index < -0.39 is 0 Å². The van der Waals surface area contributed by atoms with Gasteiger partial charge in [-0.1, -0.05) is 6.92 Å². The van der Waals surface area contributed by atoms with Gasteiger partial charge in [0, 0.05) is 7.05 Å². The van der Waals surface area contributed by atoms with Crippen LogP contribution in [-0.2, 0) is 11.8 Å². The molecule has 0 aromatic carbocycles. The molecule has 1 amide bonds. The second kappa shape index (κ2) is 4.61. The zero-order valence-corrected chi connectivity index (χ0v) is 9.60. The van der Waals surface area contributed by atoms with Crippen LogP contribution in [0.5, 0.6) is 0 Å². The van der Waals surface area contributed by atoms with Crippen molar-refractivity contribution in [1.82, 2.24) is 20.1 Å². The Morgan fingerprint density at radius 2 is 2.50 bits per heavy atom. The number of rotatable bonds is 2. The van der Waals surface area contributed by atoms with Gasteiger partial charge in [-0.05, 0) is 25.3 Å². The molecule has 0 saturated carbocycles. The Bertz CT molecular complexity index is 375. The Kier molecular flexibility index (Phi) is 3.19. The van der Waals surface area contributed by atoms with Crippen LogP contribution in [0.2, 0.25) is 0 Å². The predicted octanol–water partition coefficient (Wildman–Crippen LogP) is 0.142. The highest BCUT2D eigenvalue weighted by atomic mass is 16.2. The number of carbonyl (C=O) groups is 1. The Balaban J connectivity index is 2.00. The van der Waals surface area contributed by atoms with Gasteiger partial charge in [0.1, 0.15) is 6.33 Å². The minimum absolute atomic E-state index is 0.0247. The SMILES string of the molecule is CC1CCCNC1C(=O)Nc1ncnn1C. The van der Waals surface area contributed by atoms with Crippen molar-refractivity contribution in [1.29, 1.82) is 0 Å². The first kappa shape index (κ1) is 11.1. The number of carbonyl (C=O) groups excluding carboxylic acids is 1. The quantitative estimate of drug-likeness (QED) is 0.748. The fourth-order valence-electron chi connectivity index (χ4n) is 2.00. The van der Waals surface area contributed by atoms with Crippen LogP contribution in [0.25, 0.3) is 0 Å². The van der Waals surface area contributed by atoms with Crippen LogP contribution in [0.3, 0.4) is 0 Å². The molecule has 0 spiro atoms. The van der Waals surface area contributed by atoms with Gasteiger partial charge in [0.15, 0.2) is 0 Å². The molecule has 1 saturated heterocycles. The second-order valence-corrected chi connectivity index (χ2v) is 4.25. The Morgan fingerprint density at radius 1 is 1.69 bits per heavy atom. The molecule has 1 fully saturated rings. The molecule has 1 aromatic heterocycles. The van der Waals surface area contributed by atoms with E-state index in [4.69, 9.17) is 0 Å². The summed E-state index contributed by atoms with van der Waals surface area (Å²) in [5.74, 6) is 0.829. The first-order chi connectivity index (χ1) is 7.68. The first-order valence-corrected chi connectivity index (χ1v) is 5.56. The number of hydrogen-bond donors (Lipinski definition) is 2. The number of hydrogen-bond acceptors (Lipinski definition) is 4. The van der Waals surface area contributed by atoms with Crippen molar-refractivity contribution in [2.75, 3.05) is 11.9 Å². The van der Waals surface area contributed by atoms with Crippen LogP contribution in [-0.4, -0.2) is 33.3 Å². The van der Waals surface area contributed by atoms with Crippen LogP contribution < -0.4 is 10.6 Å². The maximum Gasteiger partial charge on any atom is 0.244 e. The Labute approximate surface area is 94.4 Å². The van der Waals surface area contributed by atoms with Gasteiger partial charge in [0.2, 0.25) is 11.9 Å². The maximum atomic E-state index is 12.0. The molecule has 2 heterocycles. The average Bonchev–Trinajstić information content (AvgIpc) is 2.65. The summed E-state index contributed by atoms with van der Waals surface area (Å²) in [6.07, 6.45) is 3.64. The summed E-state index contributed by atoms with van der Waals surface area (Å²) in [4.78, 5) is 15.9. The van der Waals surface area contributed by atoms with E-state index in [0.717, 1.165) is 19.4 Å². The van der Waals surface area contributed by atoms with Gasteiger partial charge < -0.3 is 5.32 Å². The normalized spacial score (nSPS) is 25.4. The van der Waals surface area contributed by atoms with Crippen molar-refractivity contribution in [3.8, 4) is 0 Å². The molecule has 88 valence electrons. The molecule has 1 aromatic rings. The fourth-order valence-corrected chi connectivity index (χ4v) is 2.00. The highest BCUT2D eigenvalue weighted by Gasteiger charge is 2.27. The van der Waals surface area contributed by atoms with Gasteiger partial charge in [0.25, 0.3) is 0 Å². The molecule has 0 bridgehead atoms. The fraction of sp³-hybridized carbons (Fsp3) is 0.700. The third kappa shape index (κ3) is 2.21. The molecule has 2 unspecified atom stereocenters. The number of piperidine rings is 1. The molecule has 6 heteroatoms. The second-order valence-electron chi connectivity index (χ2n) is 4.25.